The predicted molar refractivity (Wildman–Crippen MR) is 51.0 cm³/mol. The third-order valence-electron chi connectivity index (χ3n) is 1.39. The van der Waals surface area contributed by atoms with Crippen LogP contribution in [0.25, 0.3) is 0 Å². The minimum atomic E-state index is 0.324. The summed E-state index contributed by atoms with van der Waals surface area (Å²) >= 11 is 5.61. The number of hydrogen-bond acceptors (Lipinski definition) is 3. The number of rotatable bonds is 1. The lowest BCUT2D eigenvalue weighted by atomic mass is 10.5. The molecule has 0 aliphatic heterocycles. The quantitative estimate of drug-likeness (QED) is 0.665. The van der Waals surface area contributed by atoms with Gasteiger partial charge in [-0.25, -0.2) is 4.98 Å². The third-order valence-corrected chi connectivity index (χ3v) is 1.57. The zero-order valence-corrected chi connectivity index (χ0v) is 8.13. The van der Waals surface area contributed by atoms with E-state index in [0.29, 0.717) is 15.5 Å². The Morgan fingerprint density at radius 3 is 2.42 bits per heavy atom. The lowest BCUT2D eigenvalue weighted by Gasteiger charge is -2.22. The second-order valence-electron chi connectivity index (χ2n) is 3.41. The van der Waals surface area contributed by atoms with Crippen LogP contribution in [-0.2, 0) is 0 Å². The van der Waals surface area contributed by atoms with Gasteiger partial charge in [-0.15, -0.1) is 0 Å². The van der Waals surface area contributed by atoms with Gasteiger partial charge in [0.25, 0.3) is 5.82 Å². The van der Waals surface area contributed by atoms with E-state index in [-0.39, 0.29) is 0 Å². The van der Waals surface area contributed by atoms with E-state index in [9.17, 15) is 0 Å². The van der Waals surface area contributed by atoms with Gasteiger partial charge in [-0.2, -0.15) is 4.98 Å². The number of quaternary nitrogens is 1. The summed E-state index contributed by atoms with van der Waals surface area (Å²) in [7, 11) is 5.90. The van der Waals surface area contributed by atoms with Gasteiger partial charge in [-0.3, -0.25) is 4.48 Å². The molecule has 2 N–H and O–H groups in total. The predicted octanol–water partition coefficient (Wildman–Crippen LogP) is 0.909. The molecule has 4 nitrogen and oxygen atoms in total. The number of halogens is 1. The second-order valence-corrected chi connectivity index (χ2v) is 3.80. The first-order chi connectivity index (χ1) is 5.41. The van der Waals surface area contributed by atoms with E-state index in [0.717, 1.165) is 5.82 Å². The Morgan fingerprint density at radius 1 is 1.42 bits per heavy atom. The molecule has 1 aromatic rings. The topological polar surface area (TPSA) is 51.8 Å². The number of hydrogen-bond donors (Lipinski definition) is 1. The first-order valence-electron chi connectivity index (χ1n) is 3.51. The Hall–Kier alpha value is -0.870. The molecular weight excluding hydrogens is 176 g/mol. The third kappa shape index (κ3) is 1.84. The lowest BCUT2D eigenvalue weighted by Crippen LogP contribution is -2.36. The molecule has 0 spiro atoms. The van der Waals surface area contributed by atoms with Crippen LogP contribution in [0.1, 0.15) is 0 Å². The molecule has 0 aromatic carbocycles. The normalized spacial score (nSPS) is 11.7. The largest absolute Gasteiger partial charge is 0.377 e. The van der Waals surface area contributed by atoms with Crippen LogP contribution >= 0.6 is 11.6 Å². The molecule has 5 heteroatoms. The fourth-order valence-corrected chi connectivity index (χ4v) is 1.03. The number of aromatic nitrogens is 2. The first-order valence-corrected chi connectivity index (χ1v) is 3.89. The van der Waals surface area contributed by atoms with Crippen molar-refractivity contribution in [1.29, 1.82) is 0 Å². The first kappa shape index (κ1) is 9.22. The fraction of sp³-hybridized carbons (Fsp3) is 0.429. The highest BCUT2D eigenvalue weighted by Gasteiger charge is 2.18. The van der Waals surface area contributed by atoms with Gasteiger partial charge in [0.15, 0.2) is 0 Å². The molecule has 0 fully saturated rings. The Labute approximate surface area is 76.6 Å². The van der Waals surface area contributed by atoms with Gasteiger partial charge in [0, 0.05) is 0 Å². The summed E-state index contributed by atoms with van der Waals surface area (Å²) in [4.78, 5) is 8.01. The fourth-order valence-electron chi connectivity index (χ4n) is 0.891. The molecule has 0 atom stereocenters. The van der Waals surface area contributed by atoms with Crippen molar-refractivity contribution >= 4 is 23.2 Å². The van der Waals surface area contributed by atoms with Gasteiger partial charge in [0.05, 0.1) is 27.3 Å². The lowest BCUT2D eigenvalue weighted by molar-refractivity contribution is 0.473. The number of anilines is 1. The van der Waals surface area contributed by atoms with Gasteiger partial charge in [-0.1, -0.05) is 11.6 Å². The highest BCUT2D eigenvalue weighted by atomic mass is 35.5. The molecule has 1 aromatic heterocycles. The molecule has 0 aliphatic rings. The van der Waals surface area contributed by atoms with Crippen molar-refractivity contribution in [2.24, 2.45) is 0 Å². The molecule has 66 valence electrons. The van der Waals surface area contributed by atoms with Crippen molar-refractivity contribution in [3.63, 3.8) is 0 Å². The van der Waals surface area contributed by atoms with Crippen LogP contribution in [0, 0.1) is 0 Å². The maximum absolute atomic E-state index is 5.63. The van der Waals surface area contributed by atoms with E-state index in [1.807, 2.05) is 21.1 Å². The molecule has 1 rings (SSSR count). The Kier molecular flexibility index (Phi) is 2.21. The van der Waals surface area contributed by atoms with Crippen molar-refractivity contribution < 1.29 is 0 Å². The van der Waals surface area contributed by atoms with Crippen molar-refractivity contribution in [3.05, 3.63) is 11.3 Å². The maximum Gasteiger partial charge on any atom is 0.270 e. The zero-order chi connectivity index (χ0) is 9.35. The standard InChI is InChI=1S/C7H12ClN4/c1-12(2,3)7-6(9)11-5(8)4-10-7/h4H,1-3H3,(H2,9,11)/q+1. The van der Waals surface area contributed by atoms with Crippen molar-refractivity contribution in [2.45, 2.75) is 0 Å². The summed E-state index contributed by atoms with van der Waals surface area (Å²) in [6, 6.07) is 0. The van der Waals surface area contributed by atoms with Gasteiger partial charge in [0.2, 0.25) is 5.82 Å². The maximum atomic E-state index is 5.63. The molecule has 1 heterocycles. The van der Waals surface area contributed by atoms with Crippen molar-refractivity contribution in [3.8, 4) is 0 Å². The molecular formula is C7H12ClN4+. The number of nitrogen functional groups attached to an aromatic ring is 1. The SMILES string of the molecule is C[N+](C)(C)c1ncc(Cl)nc1N. The van der Waals surface area contributed by atoms with Crippen LogP contribution in [0.5, 0.6) is 0 Å². The molecule has 12 heavy (non-hydrogen) atoms. The Bertz CT molecular complexity index is 292. The van der Waals surface area contributed by atoms with E-state index in [1.54, 1.807) is 0 Å². The van der Waals surface area contributed by atoms with Crippen LogP contribution in [0.2, 0.25) is 5.15 Å². The molecule has 0 saturated heterocycles. The average molecular weight is 188 g/mol. The summed E-state index contributed by atoms with van der Waals surface area (Å²) in [5.41, 5.74) is 5.63. The summed E-state index contributed by atoms with van der Waals surface area (Å²) in [5.74, 6) is 1.11. The molecule has 0 amide bonds. The molecule has 0 radical (unpaired) electrons. The van der Waals surface area contributed by atoms with E-state index >= 15 is 0 Å². The van der Waals surface area contributed by atoms with Gasteiger partial charge in [0.1, 0.15) is 5.15 Å². The molecule has 0 aliphatic carbocycles. The van der Waals surface area contributed by atoms with Crippen LogP contribution in [0.15, 0.2) is 6.20 Å². The minimum absolute atomic E-state index is 0.324. The molecule has 0 unspecified atom stereocenters. The van der Waals surface area contributed by atoms with Crippen LogP contribution in [-0.4, -0.2) is 31.1 Å². The van der Waals surface area contributed by atoms with E-state index in [2.05, 4.69) is 9.97 Å². The highest BCUT2D eigenvalue weighted by molar-refractivity contribution is 6.29. The van der Waals surface area contributed by atoms with Crippen LogP contribution < -0.4 is 10.2 Å². The second kappa shape index (κ2) is 2.88. The van der Waals surface area contributed by atoms with Crippen molar-refractivity contribution in [1.82, 2.24) is 14.5 Å². The summed E-state index contributed by atoms with van der Waals surface area (Å²) < 4.78 is 0.538. The van der Waals surface area contributed by atoms with Crippen molar-refractivity contribution in [2.75, 3.05) is 26.9 Å². The van der Waals surface area contributed by atoms with E-state index in [4.69, 9.17) is 17.3 Å². The van der Waals surface area contributed by atoms with Gasteiger partial charge in [-0.05, 0) is 0 Å². The van der Waals surface area contributed by atoms with E-state index < -0.39 is 0 Å². The van der Waals surface area contributed by atoms with Gasteiger partial charge < -0.3 is 5.73 Å². The molecule has 0 bridgehead atoms. The Balaban J connectivity index is 3.19. The summed E-state index contributed by atoms with van der Waals surface area (Å²) in [6.45, 7) is 0. The van der Waals surface area contributed by atoms with Gasteiger partial charge >= 0.3 is 0 Å². The average Bonchev–Trinajstić information content (AvgIpc) is 1.83. The van der Waals surface area contributed by atoms with Crippen LogP contribution in [0.4, 0.5) is 11.6 Å². The zero-order valence-electron chi connectivity index (χ0n) is 7.37. The Morgan fingerprint density at radius 2 is 2.00 bits per heavy atom. The summed E-state index contributed by atoms with van der Waals surface area (Å²) in [5, 5.41) is 0.324. The summed E-state index contributed by atoms with van der Waals surface area (Å²) in [6.07, 6.45) is 1.50. The smallest absolute Gasteiger partial charge is 0.270 e. The van der Waals surface area contributed by atoms with Crippen LogP contribution in [0.3, 0.4) is 0 Å². The minimum Gasteiger partial charge on any atom is -0.377 e. The monoisotopic (exact) mass is 187 g/mol. The molecule has 0 saturated carbocycles. The number of nitrogens with zero attached hydrogens (tertiary/aromatic N) is 3. The van der Waals surface area contributed by atoms with E-state index in [1.165, 1.54) is 6.20 Å². The number of nitrogens with two attached hydrogens (primary N) is 1. The highest BCUT2D eigenvalue weighted by Crippen LogP contribution is 2.20.